The van der Waals surface area contributed by atoms with E-state index in [1.165, 1.54) is 5.56 Å². The number of carboxylic acids is 2. The van der Waals surface area contributed by atoms with Gasteiger partial charge in [0.1, 0.15) is 5.75 Å². The summed E-state index contributed by atoms with van der Waals surface area (Å²) in [5, 5.41) is 28.7. The van der Waals surface area contributed by atoms with E-state index >= 15 is 0 Å². The standard InChI is InChI=1S/C12H10O.2C11H9NO2.Al/c13-12-8-6-11(7-9-12)10-4-2-1-3-5-10;2*1-7-5-6-8-3-2-4-9(11(13)14)10(8)12-7;/h1-9,13H;2*2-6H,1H3,(H,13,14);. The van der Waals surface area contributed by atoms with Crippen LogP contribution in [0, 0.1) is 13.8 Å². The van der Waals surface area contributed by atoms with Gasteiger partial charge in [0.25, 0.3) is 0 Å². The number of benzene rings is 4. The van der Waals surface area contributed by atoms with Crippen LogP contribution in [0.15, 0.2) is 115 Å². The Balaban J connectivity index is 0.000000171. The molecule has 0 aliphatic heterocycles. The lowest BCUT2D eigenvalue weighted by atomic mass is 10.1. The predicted molar refractivity (Wildman–Crippen MR) is 166 cm³/mol. The SMILES string of the molecule is Cc1ccc2cccc(C(=O)O)c2n1.Cc1ccc2cccc(C(=O)O)c2n1.Oc1ccc(-c2ccccc2)cc1.[Al]. The average Bonchev–Trinajstić information content (AvgIpc) is 2.98. The van der Waals surface area contributed by atoms with E-state index in [9.17, 15) is 9.59 Å². The lowest BCUT2D eigenvalue weighted by Crippen LogP contribution is -1.99. The second-order valence-corrected chi connectivity index (χ2v) is 9.18. The molecule has 3 N–H and O–H groups in total. The van der Waals surface area contributed by atoms with Crippen molar-refractivity contribution in [3.05, 3.63) is 138 Å². The smallest absolute Gasteiger partial charge is 0.337 e. The Morgan fingerprint density at radius 1 is 0.524 bits per heavy atom. The number of carboxylic acid groups (broad SMARTS) is 2. The fourth-order valence-corrected chi connectivity index (χ4v) is 4.12. The first-order valence-electron chi connectivity index (χ1n) is 12.8. The van der Waals surface area contributed by atoms with Crippen molar-refractivity contribution in [3.63, 3.8) is 0 Å². The van der Waals surface area contributed by atoms with Crippen LogP contribution in [0.25, 0.3) is 32.9 Å². The summed E-state index contributed by atoms with van der Waals surface area (Å²) in [6.45, 7) is 3.69. The average molecular weight is 572 g/mol. The summed E-state index contributed by atoms with van der Waals surface area (Å²) in [4.78, 5) is 30.2. The third kappa shape index (κ3) is 8.01. The summed E-state index contributed by atoms with van der Waals surface area (Å²) in [6, 6.07) is 35.1. The van der Waals surface area contributed by atoms with Crippen molar-refractivity contribution in [2.75, 3.05) is 0 Å². The highest BCUT2D eigenvalue weighted by Gasteiger charge is 2.09. The summed E-state index contributed by atoms with van der Waals surface area (Å²) >= 11 is 0. The second-order valence-electron chi connectivity index (χ2n) is 9.18. The van der Waals surface area contributed by atoms with Crippen molar-refractivity contribution in [3.8, 4) is 16.9 Å². The number of hydrogen-bond donors (Lipinski definition) is 3. The summed E-state index contributed by atoms with van der Waals surface area (Å²) < 4.78 is 0. The normalized spacial score (nSPS) is 9.95. The van der Waals surface area contributed by atoms with Gasteiger partial charge in [-0.15, -0.1) is 0 Å². The molecule has 6 rings (SSSR count). The predicted octanol–water partition coefficient (Wildman–Crippen LogP) is 7.16. The van der Waals surface area contributed by atoms with E-state index in [0.29, 0.717) is 16.8 Å². The molecular weight excluding hydrogens is 543 g/mol. The molecule has 4 aromatic carbocycles. The quantitative estimate of drug-likeness (QED) is 0.193. The van der Waals surface area contributed by atoms with Crippen molar-refractivity contribution in [1.82, 2.24) is 9.97 Å². The molecule has 0 aliphatic carbocycles. The highest BCUT2D eigenvalue weighted by atomic mass is 27.0. The number of aromatic hydroxyl groups is 1. The fraction of sp³-hybridized carbons (Fsp3) is 0.0588. The zero-order valence-electron chi connectivity index (χ0n) is 23.1. The zero-order valence-corrected chi connectivity index (χ0v) is 24.3. The van der Waals surface area contributed by atoms with Gasteiger partial charge in [-0.1, -0.05) is 78.9 Å². The van der Waals surface area contributed by atoms with Crippen LogP contribution in [0.3, 0.4) is 0 Å². The number of rotatable bonds is 3. The van der Waals surface area contributed by atoms with E-state index < -0.39 is 11.9 Å². The van der Waals surface area contributed by atoms with E-state index in [1.807, 2.05) is 92.7 Å². The number of hydrogen-bond acceptors (Lipinski definition) is 5. The Hall–Kier alpha value is -5.03. The molecule has 0 amide bonds. The molecular formula is C34H28AlN2O5. The number of aromatic nitrogens is 2. The number of pyridine rings is 2. The van der Waals surface area contributed by atoms with Crippen LogP contribution in [-0.2, 0) is 0 Å². The molecule has 42 heavy (non-hydrogen) atoms. The molecule has 0 atom stereocenters. The Bertz CT molecular complexity index is 1730. The van der Waals surface area contributed by atoms with E-state index in [4.69, 9.17) is 15.3 Å². The summed E-state index contributed by atoms with van der Waals surface area (Å²) in [5.74, 6) is -1.57. The van der Waals surface area contributed by atoms with Gasteiger partial charge in [0, 0.05) is 39.5 Å². The lowest BCUT2D eigenvalue weighted by Gasteiger charge is -2.01. The number of carbonyl (C=O) groups is 2. The molecule has 0 aliphatic rings. The largest absolute Gasteiger partial charge is 0.508 e. The van der Waals surface area contributed by atoms with Gasteiger partial charge in [-0.3, -0.25) is 9.97 Å². The molecule has 0 fully saturated rings. The Morgan fingerprint density at radius 3 is 1.38 bits per heavy atom. The van der Waals surface area contributed by atoms with Gasteiger partial charge in [-0.05, 0) is 61.4 Å². The number of para-hydroxylation sites is 2. The number of aromatic carboxylic acids is 2. The number of phenols is 1. The number of phenolic OH excluding ortho intramolecular Hbond substituents is 1. The van der Waals surface area contributed by atoms with Gasteiger partial charge >= 0.3 is 11.9 Å². The molecule has 2 heterocycles. The molecule has 7 nitrogen and oxygen atoms in total. The minimum Gasteiger partial charge on any atom is -0.508 e. The van der Waals surface area contributed by atoms with Crippen molar-refractivity contribution in [2.24, 2.45) is 0 Å². The number of fused-ring (bicyclic) bond motifs is 2. The van der Waals surface area contributed by atoms with E-state index in [1.54, 1.807) is 36.4 Å². The van der Waals surface area contributed by atoms with Gasteiger partial charge in [0.2, 0.25) is 0 Å². The minimum absolute atomic E-state index is 0. The maximum atomic E-state index is 10.9. The van der Waals surface area contributed by atoms with Crippen LogP contribution in [0.5, 0.6) is 5.75 Å². The zero-order chi connectivity index (χ0) is 29.4. The summed E-state index contributed by atoms with van der Waals surface area (Å²) in [6.07, 6.45) is 0. The third-order valence-electron chi connectivity index (χ3n) is 6.15. The molecule has 0 saturated heterocycles. The van der Waals surface area contributed by atoms with Crippen LogP contribution in [0.2, 0.25) is 0 Å². The van der Waals surface area contributed by atoms with Gasteiger partial charge in [-0.25, -0.2) is 9.59 Å². The molecule has 2 aromatic heterocycles. The molecule has 0 bridgehead atoms. The van der Waals surface area contributed by atoms with Crippen molar-refractivity contribution in [1.29, 1.82) is 0 Å². The van der Waals surface area contributed by atoms with Crippen LogP contribution >= 0.6 is 0 Å². The third-order valence-corrected chi connectivity index (χ3v) is 6.15. The molecule has 0 saturated carbocycles. The minimum atomic E-state index is -0.936. The van der Waals surface area contributed by atoms with Crippen molar-refractivity contribution >= 4 is 51.1 Å². The summed E-state index contributed by atoms with van der Waals surface area (Å²) in [5.41, 5.74) is 5.57. The Morgan fingerprint density at radius 2 is 0.952 bits per heavy atom. The summed E-state index contributed by atoms with van der Waals surface area (Å²) in [7, 11) is 0. The molecule has 207 valence electrons. The topological polar surface area (TPSA) is 121 Å². The first-order valence-corrected chi connectivity index (χ1v) is 12.8. The van der Waals surface area contributed by atoms with Crippen LogP contribution in [0.1, 0.15) is 32.1 Å². The van der Waals surface area contributed by atoms with Crippen molar-refractivity contribution in [2.45, 2.75) is 13.8 Å². The number of nitrogens with zero attached hydrogens (tertiary/aromatic N) is 2. The Labute approximate surface area is 253 Å². The maximum Gasteiger partial charge on any atom is 0.337 e. The van der Waals surface area contributed by atoms with Crippen LogP contribution < -0.4 is 0 Å². The van der Waals surface area contributed by atoms with Crippen LogP contribution in [-0.4, -0.2) is 54.6 Å². The van der Waals surface area contributed by atoms with Gasteiger partial charge in [0.15, 0.2) is 0 Å². The Kier molecular flexibility index (Phi) is 10.9. The highest BCUT2D eigenvalue weighted by molar-refractivity contribution is 6.02. The maximum absolute atomic E-state index is 10.9. The van der Waals surface area contributed by atoms with E-state index in [2.05, 4.69) is 9.97 Å². The molecule has 0 spiro atoms. The first kappa shape index (κ1) is 31.5. The monoisotopic (exact) mass is 571 g/mol. The number of aryl methyl sites for hydroxylation is 2. The van der Waals surface area contributed by atoms with Gasteiger partial charge in [-0.2, -0.15) is 0 Å². The highest BCUT2D eigenvalue weighted by Crippen LogP contribution is 2.21. The van der Waals surface area contributed by atoms with Gasteiger partial charge < -0.3 is 15.3 Å². The first-order chi connectivity index (χ1) is 19.7. The molecule has 0 unspecified atom stereocenters. The molecule has 3 radical (unpaired) electrons. The fourth-order valence-electron chi connectivity index (χ4n) is 4.12. The van der Waals surface area contributed by atoms with E-state index in [-0.39, 0.29) is 28.5 Å². The second kappa shape index (κ2) is 14.6. The lowest BCUT2D eigenvalue weighted by molar-refractivity contribution is 0.0688. The van der Waals surface area contributed by atoms with E-state index in [0.717, 1.165) is 27.7 Å². The van der Waals surface area contributed by atoms with Crippen LogP contribution in [0.4, 0.5) is 0 Å². The van der Waals surface area contributed by atoms with Gasteiger partial charge in [0.05, 0.1) is 22.2 Å². The molecule has 6 aromatic rings. The van der Waals surface area contributed by atoms with Crippen molar-refractivity contribution < 1.29 is 24.9 Å². The molecule has 8 heteroatoms.